The highest BCUT2D eigenvalue weighted by Crippen LogP contribution is 2.32. The molecule has 0 spiro atoms. The zero-order valence-corrected chi connectivity index (χ0v) is 16.5. The zero-order valence-electron chi connectivity index (χ0n) is 16.5. The van der Waals surface area contributed by atoms with Gasteiger partial charge in [0.1, 0.15) is 5.54 Å². The third kappa shape index (κ3) is 3.05. The smallest absolute Gasteiger partial charge is 0.346 e. The van der Waals surface area contributed by atoms with Crippen LogP contribution in [0.15, 0.2) is 41.5 Å². The number of benzene rings is 1. The van der Waals surface area contributed by atoms with E-state index in [0.717, 1.165) is 27.5 Å². The van der Waals surface area contributed by atoms with Gasteiger partial charge in [-0.05, 0) is 45.7 Å². The molecule has 6 nitrogen and oxygen atoms in total. The third-order valence-electron chi connectivity index (χ3n) is 5.22. The summed E-state index contributed by atoms with van der Waals surface area (Å²) in [6.07, 6.45) is 2.05. The first-order valence-corrected chi connectivity index (χ1v) is 9.26. The number of carbonyl (C=O) groups is 2. The summed E-state index contributed by atoms with van der Waals surface area (Å²) in [5.74, 6) is -0.352. The number of imide groups is 1. The largest absolute Gasteiger partial charge is 0.346 e. The molecule has 1 aromatic carbocycles. The predicted octanol–water partition coefficient (Wildman–Crippen LogP) is 3.88. The number of nitrogens with one attached hydrogen (secondary N) is 1. The molecule has 1 aromatic heterocycles. The fourth-order valence-corrected chi connectivity index (χ4v) is 3.88. The van der Waals surface area contributed by atoms with E-state index in [0.29, 0.717) is 12.5 Å². The van der Waals surface area contributed by atoms with Crippen LogP contribution in [-0.2, 0) is 10.3 Å². The molecule has 3 rings (SSSR count). The minimum atomic E-state index is -1.06. The molecule has 0 aliphatic carbocycles. The van der Waals surface area contributed by atoms with Crippen molar-refractivity contribution in [2.45, 2.75) is 52.6 Å². The Bertz CT molecular complexity index is 898. The maximum atomic E-state index is 13.1. The Labute approximate surface area is 159 Å². The highest BCUT2D eigenvalue weighted by atomic mass is 16.2. The highest BCUT2D eigenvalue weighted by molar-refractivity contribution is 6.07. The molecular weight excluding hydrogens is 340 g/mol. The van der Waals surface area contributed by atoms with Gasteiger partial charge in [0.25, 0.3) is 5.91 Å². The van der Waals surface area contributed by atoms with Crippen molar-refractivity contribution in [3.05, 3.63) is 58.9 Å². The molecule has 142 valence electrons. The van der Waals surface area contributed by atoms with Gasteiger partial charge in [0.15, 0.2) is 0 Å². The van der Waals surface area contributed by atoms with Gasteiger partial charge in [-0.2, -0.15) is 5.10 Å². The number of hydrazone groups is 1. The van der Waals surface area contributed by atoms with Gasteiger partial charge in [-0.1, -0.05) is 37.3 Å². The number of urea groups is 1. The Morgan fingerprint density at radius 2 is 1.85 bits per heavy atom. The van der Waals surface area contributed by atoms with Gasteiger partial charge in [-0.15, -0.1) is 5.01 Å². The molecule has 1 N–H and O–H groups in total. The van der Waals surface area contributed by atoms with Gasteiger partial charge >= 0.3 is 6.03 Å². The molecule has 6 heteroatoms. The summed E-state index contributed by atoms with van der Waals surface area (Å²) >= 11 is 0. The van der Waals surface area contributed by atoms with Crippen molar-refractivity contribution < 1.29 is 9.59 Å². The van der Waals surface area contributed by atoms with Crippen LogP contribution in [0.1, 0.15) is 55.7 Å². The zero-order chi connectivity index (χ0) is 19.8. The third-order valence-corrected chi connectivity index (χ3v) is 5.22. The fourth-order valence-electron chi connectivity index (χ4n) is 3.88. The van der Waals surface area contributed by atoms with Crippen LogP contribution in [0.25, 0.3) is 0 Å². The molecule has 2 heterocycles. The summed E-state index contributed by atoms with van der Waals surface area (Å²) in [7, 11) is 0. The van der Waals surface area contributed by atoms with E-state index in [1.165, 1.54) is 0 Å². The number of rotatable bonds is 5. The monoisotopic (exact) mass is 366 g/mol. The number of hydrogen-bond donors (Lipinski definition) is 1. The van der Waals surface area contributed by atoms with Gasteiger partial charge in [0.05, 0.1) is 6.21 Å². The first-order chi connectivity index (χ1) is 12.8. The summed E-state index contributed by atoms with van der Waals surface area (Å²) in [6, 6.07) is 11.2. The lowest BCUT2D eigenvalue weighted by molar-refractivity contribution is -0.131. The molecule has 0 saturated carbocycles. The van der Waals surface area contributed by atoms with E-state index in [2.05, 4.69) is 28.8 Å². The number of amides is 3. The molecule has 0 unspecified atom stereocenters. The van der Waals surface area contributed by atoms with Crippen LogP contribution in [0.3, 0.4) is 0 Å². The molecule has 1 saturated heterocycles. The first-order valence-electron chi connectivity index (χ1n) is 9.26. The summed E-state index contributed by atoms with van der Waals surface area (Å²) in [5, 5.41) is 8.01. The van der Waals surface area contributed by atoms with Crippen LogP contribution >= 0.6 is 0 Å². The van der Waals surface area contributed by atoms with Gasteiger partial charge in [0.2, 0.25) is 0 Å². The minimum Gasteiger partial charge on any atom is -0.346 e. The van der Waals surface area contributed by atoms with Crippen LogP contribution in [-0.4, -0.2) is 27.7 Å². The van der Waals surface area contributed by atoms with Gasteiger partial charge in [-0.25, -0.2) is 4.79 Å². The van der Waals surface area contributed by atoms with E-state index in [-0.39, 0.29) is 5.91 Å². The Kier molecular flexibility index (Phi) is 4.91. The van der Waals surface area contributed by atoms with Gasteiger partial charge < -0.3 is 9.88 Å². The second-order valence-electron chi connectivity index (χ2n) is 7.21. The summed E-state index contributed by atoms with van der Waals surface area (Å²) < 4.78 is 2.20. The second kappa shape index (κ2) is 7.02. The van der Waals surface area contributed by atoms with E-state index in [1.54, 1.807) is 6.21 Å². The van der Waals surface area contributed by atoms with Crippen molar-refractivity contribution >= 4 is 18.2 Å². The number of nitrogens with zero attached hydrogens (tertiary/aromatic N) is 3. The van der Waals surface area contributed by atoms with Crippen molar-refractivity contribution in [2.75, 3.05) is 0 Å². The average Bonchev–Trinajstić information content (AvgIpc) is 3.07. The van der Waals surface area contributed by atoms with Crippen LogP contribution in [0, 0.1) is 13.8 Å². The molecule has 0 radical (unpaired) electrons. The maximum Gasteiger partial charge on any atom is 0.346 e. The lowest BCUT2D eigenvalue weighted by atomic mass is 9.87. The average molecular weight is 366 g/mol. The number of hydrogen-bond acceptors (Lipinski definition) is 3. The van der Waals surface area contributed by atoms with Gasteiger partial charge in [0, 0.05) is 23.0 Å². The topological polar surface area (TPSA) is 66.7 Å². The Hall–Kier alpha value is -2.89. The van der Waals surface area contributed by atoms with E-state index >= 15 is 0 Å². The van der Waals surface area contributed by atoms with E-state index in [9.17, 15) is 9.59 Å². The molecule has 1 atom stereocenters. The van der Waals surface area contributed by atoms with E-state index in [1.807, 2.05) is 57.2 Å². The molecule has 1 aliphatic heterocycles. The Balaban J connectivity index is 1.93. The van der Waals surface area contributed by atoms with Crippen LogP contribution in [0.4, 0.5) is 4.79 Å². The fraction of sp³-hybridized carbons (Fsp3) is 0.381. The number of aryl methyl sites for hydroxylation is 1. The Morgan fingerprint density at radius 1 is 1.19 bits per heavy atom. The molecule has 0 bridgehead atoms. The van der Waals surface area contributed by atoms with Crippen molar-refractivity contribution in [1.29, 1.82) is 0 Å². The molecule has 2 aromatic rings. The number of aromatic nitrogens is 1. The van der Waals surface area contributed by atoms with Crippen molar-refractivity contribution in [3.63, 3.8) is 0 Å². The SMILES string of the molecule is CC[C@]1(c2ccccc2)NC(=O)N(/N=C\c2cc(C)n(C(C)C)c2C)C1=O. The van der Waals surface area contributed by atoms with Crippen LogP contribution in [0.2, 0.25) is 0 Å². The second-order valence-corrected chi connectivity index (χ2v) is 7.21. The van der Waals surface area contributed by atoms with E-state index < -0.39 is 11.6 Å². The normalized spacial score (nSPS) is 20.1. The lowest BCUT2D eigenvalue weighted by Gasteiger charge is -2.24. The lowest BCUT2D eigenvalue weighted by Crippen LogP contribution is -2.43. The Morgan fingerprint density at radius 3 is 2.41 bits per heavy atom. The van der Waals surface area contributed by atoms with Crippen molar-refractivity contribution in [2.24, 2.45) is 5.10 Å². The van der Waals surface area contributed by atoms with Crippen LogP contribution < -0.4 is 5.32 Å². The van der Waals surface area contributed by atoms with E-state index in [4.69, 9.17) is 0 Å². The quantitative estimate of drug-likeness (QED) is 0.645. The minimum absolute atomic E-state index is 0.328. The van der Waals surface area contributed by atoms with Gasteiger partial charge in [-0.3, -0.25) is 4.79 Å². The molecule has 1 aliphatic rings. The maximum absolute atomic E-state index is 13.1. The summed E-state index contributed by atoms with van der Waals surface area (Å²) in [6.45, 7) is 10.2. The van der Waals surface area contributed by atoms with Crippen molar-refractivity contribution in [3.8, 4) is 0 Å². The molecule has 27 heavy (non-hydrogen) atoms. The predicted molar refractivity (Wildman–Crippen MR) is 106 cm³/mol. The highest BCUT2D eigenvalue weighted by Gasteiger charge is 2.51. The van der Waals surface area contributed by atoms with Crippen molar-refractivity contribution in [1.82, 2.24) is 14.9 Å². The summed E-state index contributed by atoms with van der Waals surface area (Å²) in [4.78, 5) is 25.6. The number of carbonyl (C=O) groups excluding carboxylic acids is 2. The van der Waals surface area contributed by atoms with Crippen LogP contribution in [0.5, 0.6) is 0 Å². The summed E-state index contributed by atoms with van der Waals surface area (Å²) in [5.41, 5.74) is 2.78. The molecule has 1 fully saturated rings. The molecule has 3 amide bonds. The first kappa shape index (κ1) is 18.9. The molecular formula is C21H26N4O2. The standard InChI is InChI=1S/C21H26N4O2/c1-6-21(18-10-8-7-9-11-18)19(26)25(20(27)23-21)22-13-17-12-15(4)24(14(2)3)16(17)5/h7-14H,6H2,1-5H3,(H,23,27)/b22-13-/t21-/m1/s1.